The summed E-state index contributed by atoms with van der Waals surface area (Å²) in [4.78, 5) is 23.1. The molecule has 0 heterocycles. The van der Waals surface area contributed by atoms with Crippen molar-refractivity contribution in [1.82, 2.24) is 5.32 Å². The smallest absolute Gasteiger partial charge is 0.387 e. The van der Waals surface area contributed by atoms with E-state index in [0.717, 1.165) is 44.9 Å². The number of rotatable bonds is 47. The molecule has 3 atom stereocenters. The Morgan fingerprint density at radius 1 is 0.541 bits per heavy atom. The Morgan fingerprint density at radius 2 is 0.902 bits per heavy atom. The van der Waals surface area contributed by atoms with Crippen LogP contribution in [0.4, 0.5) is 0 Å². The Hall–Kier alpha value is -1.28. The van der Waals surface area contributed by atoms with Gasteiger partial charge < -0.3 is 19.8 Å². The van der Waals surface area contributed by atoms with Crippen LogP contribution in [0.3, 0.4) is 0 Å². The van der Waals surface area contributed by atoms with Gasteiger partial charge in [-0.2, -0.15) is 0 Å². The van der Waals surface area contributed by atoms with Crippen molar-refractivity contribution in [1.29, 1.82) is 0 Å². The summed E-state index contributed by atoms with van der Waals surface area (Å²) in [5, 5.41) is 13.8. The maximum Gasteiger partial charge on any atom is 0.472 e. The number of quaternary nitrogens is 1. The zero-order valence-electron chi connectivity index (χ0n) is 40.9. The van der Waals surface area contributed by atoms with Crippen molar-refractivity contribution in [2.75, 3.05) is 40.9 Å². The SMILES string of the molecule is CCCCCCCCCCCCCCCCCC/C=C/CC/C=C/CC/C=C/C(O)C(COP(=O)(O)OCC[N+](C)(C)C)NC(=O)CCCCCCCCCCCCCCC. The van der Waals surface area contributed by atoms with Gasteiger partial charge in [0.2, 0.25) is 5.91 Å². The Bertz CT molecular complexity index is 1090. The Morgan fingerprint density at radius 3 is 1.31 bits per heavy atom. The van der Waals surface area contributed by atoms with E-state index >= 15 is 0 Å². The Kier molecular flexibility index (Phi) is 43.0. The van der Waals surface area contributed by atoms with E-state index in [1.807, 2.05) is 27.2 Å². The van der Waals surface area contributed by atoms with Gasteiger partial charge in [0.1, 0.15) is 13.2 Å². The van der Waals surface area contributed by atoms with Gasteiger partial charge in [-0.15, -0.1) is 0 Å². The number of phosphoric acid groups is 1. The zero-order chi connectivity index (χ0) is 45.0. The van der Waals surface area contributed by atoms with Crippen LogP contribution >= 0.6 is 7.82 Å². The highest BCUT2D eigenvalue weighted by molar-refractivity contribution is 7.47. The molecule has 0 radical (unpaired) electrons. The fraction of sp³-hybridized carbons (Fsp3) is 0.865. The fourth-order valence-electron chi connectivity index (χ4n) is 7.49. The number of aliphatic hydroxyl groups is 1. The summed E-state index contributed by atoms with van der Waals surface area (Å²) in [5.74, 6) is -0.190. The minimum atomic E-state index is -4.35. The molecule has 3 unspecified atom stereocenters. The molecule has 360 valence electrons. The number of carbonyl (C=O) groups excluding carboxylic acids is 1. The summed E-state index contributed by atoms with van der Waals surface area (Å²) >= 11 is 0. The second-order valence-electron chi connectivity index (χ2n) is 18.9. The molecule has 0 rings (SSSR count). The zero-order valence-corrected chi connectivity index (χ0v) is 41.8. The van der Waals surface area contributed by atoms with Crippen LogP contribution in [0, 0.1) is 0 Å². The molecule has 0 fully saturated rings. The Labute approximate surface area is 378 Å². The molecule has 0 aliphatic heterocycles. The molecule has 8 nitrogen and oxygen atoms in total. The molecule has 0 aromatic rings. The molecule has 1 amide bonds. The van der Waals surface area contributed by atoms with Gasteiger partial charge in [-0.25, -0.2) is 4.57 Å². The third-order valence-corrected chi connectivity index (χ3v) is 12.6. The largest absolute Gasteiger partial charge is 0.472 e. The van der Waals surface area contributed by atoms with Crippen LogP contribution in [-0.2, 0) is 18.4 Å². The molecule has 0 saturated carbocycles. The average molecular weight is 882 g/mol. The number of unbranched alkanes of at least 4 members (excludes halogenated alkanes) is 30. The van der Waals surface area contributed by atoms with Gasteiger partial charge in [-0.3, -0.25) is 13.8 Å². The maximum absolute atomic E-state index is 12.9. The molecule has 9 heteroatoms. The van der Waals surface area contributed by atoms with Crippen molar-refractivity contribution in [3.05, 3.63) is 36.5 Å². The standard InChI is InChI=1S/C52H101N2O6P/c1-6-8-10-12-14-16-18-20-21-22-23-24-25-26-27-28-29-30-31-32-34-35-37-39-41-43-45-51(55)50(49-60-61(57,58)59-48-47-54(3,4)5)53-52(56)46-44-42-40-38-36-33-19-17-15-13-11-9-7-2/h30-31,35,37,43,45,50-51,55H,6-29,32-34,36,38-42,44,46-49H2,1-5H3,(H-,53,56,57,58)/p+1/b31-30+,37-35+,45-43+. The van der Waals surface area contributed by atoms with Crippen LogP contribution in [0.15, 0.2) is 36.5 Å². The van der Waals surface area contributed by atoms with Gasteiger partial charge >= 0.3 is 7.82 Å². The third-order valence-electron chi connectivity index (χ3n) is 11.6. The number of nitrogens with zero attached hydrogens (tertiary/aromatic N) is 1. The summed E-state index contributed by atoms with van der Waals surface area (Å²) in [6.45, 7) is 4.80. The summed E-state index contributed by atoms with van der Waals surface area (Å²) in [7, 11) is 1.55. The molecule has 0 saturated heterocycles. The first kappa shape index (κ1) is 59.7. The highest BCUT2D eigenvalue weighted by atomic mass is 31.2. The molecular weight excluding hydrogens is 780 g/mol. The second-order valence-corrected chi connectivity index (χ2v) is 20.3. The molecule has 0 aliphatic rings. The van der Waals surface area contributed by atoms with E-state index in [1.165, 1.54) is 173 Å². The third kappa shape index (κ3) is 46.5. The number of phosphoric ester groups is 1. The first-order chi connectivity index (χ1) is 29.5. The summed E-state index contributed by atoms with van der Waals surface area (Å²) in [6, 6.07) is -0.866. The van der Waals surface area contributed by atoms with E-state index in [0.29, 0.717) is 17.4 Å². The highest BCUT2D eigenvalue weighted by Gasteiger charge is 2.27. The number of carbonyl (C=O) groups is 1. The number of amides is 1. The van der Waals surface area contributed by atoms with Crippen molar-refractivity contribution in [3.63, 3.8) is 0 Å². The van der Waals surface area contributed by atoms with Crippen LogP contribution in [-0.4, -0.2) is 73.4 Å². The van der Waals surface area contributed by atoms with Crippen LogP contribution in [0.5, 0.6) is 0 Å². The minimum absolute atomic E-state index is 0.0548. The van der Waals surface area contributed by atoms with Gasteiger partial charge in [0.15, 0.2) is 0 Å². The lowest BCUT2D eigenvalue weighted by Crippen LogP contribution is -2.45. The van der Waals surface area contributed by atoms with E-state index in [2.05, 4.69) is 43.5 Å². The van der Waals surface area contributed by atoms with Gasteiger partial charge in [0.05, 0.1) is 39.9 Å². The predicted molar refractivity (Wildman–Crippen MR) is 263 cm³/mol. The first-order valence-electron chi connectivity index (χ1n) is 25.9. The van der Waals surface area contributed by atoms with E-state index in [9.17, 15) is 19.4 Å². The second kappa shape index (κ2) is 43.9. The Balaban J connectivity index is 4.30. The lowest BCUT2D eigenvalue weighted by molar-refractivity contribution is -0.870. The van der Waals surface area contributed by atoms with Gasteiger partial charge in [-0.05, 0) is 44.9 Å². The average Bonchev–Trinajstić information content (AvgIpc) is 3.21. The van der Waals surface area contributed by atoms with Gasteiger partial charge in [-0.1, -0.05) is 224 Å². The highest BCUT2D eigenvalue weighted by Crippen LogP contribution is 2.43. The number of aliphatic hydroxyl groups excluding tert-OH is 1. The number of nitrogens with one attached hydrogen (secondary N) is 1. The molecule has 3 N–H and O–H groups in total. The number of hydrogen-bond donors (Lipinski definition) is 3. The quantitative estimate of drug-likeness (QED) is 0.0243. The van der Waals surface area contributed by atoms with E-state index in [4.69, 9.17) is 9.05 Å². The lowest BCUT2D eigenvalue weighted by Gasteiger charge is -2.25. The van der Waals surface area contributed by atoms with Gasteiger partial charge in [0.25, 0.3) is 0 Å². The van der Waals surface area contributed by atoms with Crippen LogP contribution in [0.1, 0.15) is 239 Å². The van der Waals surface area contributed by atoms with Crippen LogP contribution in [0.25, 0.3) is 0 Å². The summed E-state index contributed by atoms with van der Waals surface area (Å²) < 4.78 is 23.6. The number of allylic oxidation sites excluding steroid dienone is 5. The minimum Gasteiger partial charge on any atom is -0.387 e. The van der Waals surface area contributed by atoms with E-state index < -0.39 is 20.0 Å². The normalized spacial score (nSPS) is 14.4. The molecule has 0 aliphatic carbocycles. The molecule has 0 spiro atoms. The summed E-state index contributed by atoms with van der Waals surface area (Å²) in [5.41, 5.74) is 0. The monoisotopic (exact) mass is 882 g/mol. The van der Waals surface area contributed by atoms with E-state index in [-0.39, 0.29) is 19.1 Å². The van der Waals surface area contributed by atoms with Crippen molar-refractivity contribution in [2.45, 2.75) is 251 Å². The van der Waals surface area contributed by atoms with Crippen molar-refractivity contribution in [3.8, 4) is 0 Å². The van der Waals surface area contributed by atoms with Crippen LogP contribution < -0.4 is 5.32 Å². The topological polar surface area (TPSA) is 105 Å². The lowest BCUT2D eigenvalue weighted by atomic mass is 10.0. The van der Waals surface area contributed by atoms with Crippen molar-refractivity contribution < 1.29 is 32.9 Å². The van der Waals surface area contributed by atoms with Crippen molar-refractivity contribution in [2.24, 2.45) is 0 Å². The molecule has 61 heavy (non-hydrogen) atoms. The van der Waals surface area contributed by atoms with Crippen molar-refractivity contribution >= 4 is 13.7 Å². The maximum atomic E-state index is 12.9. The molecular formula is C52H102N2O6P+. The molecule has 0 aromatic heterocycles. The van der Waals surface area contributed by atoms with Crippen LogP contribution in [0.2, 0.25) is 0 Å². The number of hydrogen-bond acceptors (Lipinski definition) is 5. The molecule has 0 aromatic carbocycles. The molecule has 0 bridgehead atoms. The fourth-order valence-corrected chi connectivity index (χ4v) is 8.22. The first-order valence-corrected chi connectivity index (χ1v) is 27.4. The number of likely N-dealkylation sites (N-methyl/N-ethyl adjacent to an activating group) is 1. The van der Waals surface area contributed by atoms with Gasteiger partial charge in [0, 0.05) is 6.42 Å². The van der Waals surface area contributed by atoms with E-state index in [1.54, 1.807) is 6.08 Å². The predicted octanol–water partition coefficient (Wildman–Crippen LogP) is 15.0. The summed E-state index contributed by atoms with van der Waals surface area (Å²) in [6.07, 6.45) is 55.3.